The smallest absolute Gasteiger partial charge is 0.426 e. The third-order valence-corrected chi connectivity index (χ3v) is 6.09. The highest BCUT2D eigenvalue weighted by molar-refractivity contribution is 5.94. The molecule has 1 aliphatic heterocycles. The van der Waals surface area contributed by atoms with Crippen LogP contribution < -0.4 is 5.73 Å². The number of carbonyl (C=O) groups excluding carboxylic acids is 2. The zero-order chi connectivity index (χ0) is 27.7. The number of alkyl halides is 9. The lowest BCUT2D eigenvalue weighted by Gasteiger charge is -2.46. The molecule has 6 nitrogen and oxygen atoms in total. The van der Waals surface area contributed by atoms with Crippen molar-refractivity contribution in [2.24, 2.45) is 5.73 Å². The van der Waals surface area contributed by atoms with Crippen molar-refractivity contribution in [1.29, 1.82) is 0 Å². The first kappa shape index (κ1) is 29.5. The van der Waals surface area contributed by atoms with Gasteiger partial charge in [0.25, 0.3) is 6.10 Å². The number of amides is 2. The minimum absolute atomic E-state index is 0.0101. The predicted octanol–water partition coefficient (Wildman–Crippen LogP) is 5.11. The summed E-state index contributed by atoms with van der Waals surface area (Å²) in [6, 6.07) is 3.07. The van der Waals surface area contributed by atoms with E-state index in [-0.39, 0.29) is 38.0 Å². The van der Waals surface area contributed by atoms with Crippen LogP contribution >= 0.6 is 0 Å². The number of rotatable bonds is 6. The third kappa shape index (κ3) is 6.95. The molecule has 1 aromatic rings. The fourth-order valence-electron chi connectivity index (χ4n) is 4.03. The van der Waals surface area contributed by atoms with E-state index in [2.05, 4.69) is 4.74 Å². The Kier molecular flexibility index (Phi) is 8.48. The number of carbonyl (C=O) groups is 2. The molecule has 2 rings (SSSR count). The maximum Gasteiger partial charge on any atom is 0.434 e. The highest BCUT2D eigenvalue weighted by atomic mass is 19.4. The highest BCUT2D eigenvalue weighted by Crippen LogP contribution is 2.37. The molecule has 0 saturated carbocycles. The summed E-state index contributed by atoms with van der Waals surface area (Å²) >= 11 is 0. The summed E-state index contributed by atoms with van der Waals surface area (Å²) in [7, 11) is 0. The molecule has 36 heavy (non-hydrogen) atoms. The molecule has 1 fully saturated rings. The molecule has 0 spiro atoms. The number of ether oxygens (including phenoxy) is 1. The number of halogens is 9. The molecule has 2 amide bonds. The lowest BCUT2D eigenvalue weighted by atomic mass is 9.87. The van der Waals surface area contributed by atoms with E-state index in [1.165, 1.54) is 6.07 Å². The normalized spacial score (nSPS) is 17.0. The summed E-state index contributed by atoms with van der Waals surface area (Å²) < 4.78 is 120. The van der Waals surface area contributed by atoms with Crippen molar-refractivity contribution >= 4 is 12.0 Å². The Morgan fingerprint density at radius 3 is 2.00 bits per heavy atom. The van der Waals surface area contributed by atoms with Crippen molar-refractivity contribution in [1.82, 2.24) is 9.80 Å². The van der Waals surface area contributed by atoms with Crippen molar-refractivity contribution < 1.29 is 53.8 Å². The standard InChI is InChI=1S/C21H24F9N3O3/c1-3-33(11-12-4-5-13(15(31)34)14(10-12)19(22,23)24)18(2)6-8-32(9-7-18)17(35)36-16(20(25,26)27)21(28,29)30/h4-5,10,16H,3,6-9,11H2,1-2H3,(H2,31,34). The second-order valence-electron chi connectivity index (χ2n) is 8.59. The number of piperidine rings is 1. The molecule has 1 heterocycles. The second-order valence-corrected chi connectivity index (χ2v) is 8.59. The van der Waals surface area contributed by atoms with Crippen LogP contribution in [0, 0.1) is 0 Å². The molecule has 204 valence electrons. The van der Waals surface area contributed by atoms with Crippen LogP contribution in [0.4, 0.5) is 44.3 Å². The van der Waals surface area contributed by atoms with E-state index >= 15 is 0 Å². The van der Waals surface area contributed by atoms with Gasteiger partial charge in [-0.1, -0.05) is 13.0 Å². The fourth-order valence-corrected chi connectivity index (χ4v) is 4.03. The van der Waals surface area contributed by atoms with Gasteiger partial charge in [-0.05, 0) is 44.0 Å². The van der Waals surface area contributed by atoms with Gasteiger partial charge in [0.1, 0.15) is 0 Å². The van der Waals surface area contributed by atoms with Gasteiger partial charge >= 0.3 is 24.6 Å². The largest absolute Gasteiger partial charge is 0.434 e. The van der Waals surface area contributed by atoms with Crippen LogP contribution in [0.3, 0.4) is 0 Å². The number of likely N-dealkylation sites (tertiary alicyclic amines) is 1. The zero-order valence-electron chi connectivity index (χ0n) is 19.2. The predicted molar refractivity (Wildman–Crippen MR) is 108 cm³/mol. The molecule has 0 bridgehead atoms. The van der Waals surface area contributed by atoms with Crippen molar-refractivity contribution in [3.8, 4) is 0 Å². The SMILES string of the molecule is CCN(Cc1ccc(C(N)=O)c(C(F)(F)F)c1)C1(C)CCN(C(=O)OC(C(F)(F)F)C(F)(F)F)CC1. The minimum Gasteiger partial charge on any atom is -0.426 e. The van der Waals surface area contributed by atoms with Gasteiger partial charge in [-0.3, -0.25) is 9.69 Å². The van der Waals surface area contributed by atoms with E-state index in [0.717, 1.165) is 17.0 Å². The van der Waals surface area contributed by atoms with E-state index in [1.807, 2.05) is 0 Å². The van der Waals surface area contributed by atoms with Crippen LogP contribution in [0.2, 0.25) is 0 Å². The van der Waals surface area contributed by atoms with E-state index in [1.54, 1.807) is 18.7 Å². The third-order valence-electron chi connectivity index (χ3n) is 6.09. The van der Waals surface area contributed by atoms with Gasteiger partial charge in [-0.2, -0.15) is 39.5 Å². The maximum atomic E-state index is 13.4. The van der Waals surface area contributed by atoms with Crippen LogP contribution in [-0.2, 0) is 17.5 Å². The monoisotopic (exact) mass is 537 g/mol. The second kappa shape index (κ2) is 10.3. The summed E-state index contributed by atoms with van der Waals surface area (Å²) in [5.74, 6) is -1.24. The molecule has 1 aromatic carbocycles. The average Bonchev–Trinajstić information content (AvgIpc) is 2.73. The number of benzene rings is 1. The number of hydrogen-bond acceptors (Lipinski definition) is 4. The van der Waals surface area contributed by atoms with Crippen molar-refractivity contribution in [3.63, 3.8) is 0 Å². The van der Waals surface area contributed by atoms with Crippen molar-refractivity contribution in [2.45, 2.75) is 63.4 Å². The van der Waals surface area contributed by atoms with Gasteiger partial charge < -0.3 is 15.4 Å². The van der Waals surface area contributed by atoms with Crippen LogP contribution in [0.25, 0.3) is 0 Å². The molecule has 0 radical (unpaired) electrons. The molecule has 15 heteroatoms. The number of nitrogens with two attached hydrogens (primary N) is 1. The van der Waals surface area contributed by atoms with Gasteiger partial charge in [-0.25, -0.2) is 4.79 Å². The van der Waals surface area contributed by atoms with Crippen molar-refractivity contribution in [3.05, 3.63) is 34.9 Å². The first-order chi connectivity index (χ1) is 16.3. The van der Waals surface area contributed by atoms with Crippen LogP contribution in [0.15, 0.2) is 18.2 Å². The quantitative estimate of drug-likeness (QED) is 0.512. The lowest BCUT2D eigenvalue weighted by Crippen LogP contribution is -2.55. The van der Waals surface area contributed by atoms with E-state index in [0.29, 0.717) is 6.54 Å². The Bertz CT molecular complexity index is 939. The van der Waals surface area contributed by atoms with Gasteiger partial charge in [0.15, 0.2) is 0 Å². The summed E-state index contributed by atoms with van der Waals surface area (Å²) in [6.45, 7) is 3.28. The maximum absolute atomic E-state index is 13.4. The van der Waals surface area contributed by atoms with Crippen molar-refractivity contribution in [2.75, 3.05) is 19.6 Å². The Morgan fingerprint density at radius 2 is 1.58 bits per heavy atom. The summed E-state index contributed by atoms with van der Waals surface area (Å²) in [5.41, 5.74) is 2.59. The number of primary amides is 1. The van der Waals surface area contributed by atoms with Gasteiger partial charge in [0.2, 0.25) is 5.91 Å². The lowest BCUT2D eigenvalue weighted by molar-refractivity contribution is -0.308. The number of nitrogens with zero attached hydrogens (tertiary/aromatic N) is 2. The Hall–Kier alpha value is -2.71. The first-order valence-electron chi connectivity index (χ1n) is 10.6. The highest BCUT2D eigenvalue weighted by Gasteiger charge is 2.60. The first-order valence-corrected chi connectivity index (χ1v) is 10.6. The zero-order valence-corrected chi connectivity index (χ0v) is 19.2. The molecule has 2 N–H and O–H groups in total. The minimum atomic E-state index is -5.84. The molecular weight excluding hydrogens is 513 g/mol. The van der Waals surface area contributed by atoms with Gasteiger partial charge in [0, 0.05) is 25.2 Å². The Labute approximate surface area is 200 Å². The van der Waals surface area contributed by atoms with E-state index in [9.17, 15) is 49.1 Å². The van der Waals surface area contributed by atoms with E-state index < -0.39 is 53.3 Å². The summed E-state index contributed by atoms with van der Waals surface area (Å²) in [5, 5.41) is 0. The molecule has 0 atom stereocenters. The molecular formula is C21H24F9N3O3. The van der Waals surface area contributed by atoms with Gasteiger partial charge in [0.05, 0.1) is 11.1 Å². The topological polar surface area (TPSA) is 75.9 Å². The fraction of sp³-hybridized carbons (Fsp3) is 0.619. The molecule has 0 unspecified atom stereocenters. The summed E-state index contributed by atoms with van der Waals surface area (Å²) in [4.78, 5) is 25.9. The van der Waals surface area contributed by atoms with Crippen LogP contribution in [-0.4, -0.2) is 65.4 Å². The number of hydrogen-bond donors (Lipinski definition) is 1. The van der Waals surface area contributed by atoms with Gasteiger partial charge in [-0.15, -0.1) is 0 Å². The van der Waals surface area contributed by atoms with Crippen LogP contribution in [0.1, 0.15) is 48.2 Å². The summed E-state index contributed by atoms with van der Waals surface area (Å²) in [6.07, 6.45) is -22.3. The molecule has 1 saturated heterocycles. The van der Waals surface area contributed by atoms with E-state index in [4.69, 9.17) is 5.73 Å². The average molecular weight is 537 g/mol. The Morgan fingerprint density at radius 1 is 1.06 bits per heavy atom. The molecule has 1 aliphatic rings. The van der Waals surface area contributed by atoms with Crippen LogP contribution in [0.5, 0.6) is 0 Å². The Balaban J connectivity index is 2.14. The molecule has 0 aromatic heterocycles. The molecule has 0 aliphatic carbocycles.